The lowest BCUT2D eigenvalue weighted by Gasteiger charge is -2.06. The predicted octanol–water partition coefficient (Wildman–Crippen LogP) is 1.52. The van der Waals surface area contributed by atoms with Crippen LogP contribution in [0, 0.1) is 0 Å². The number of benzene rings is 1. The topological polar surface area (TPSA) is 67.0 Å². The number of methoxy groups -OCH3 is 1. The molecule has 0 amide bonds. The molecule has 82 valence electrons. The third kappa shape index (κ3) is 2.38. The molecule has 0 aliphatic carbocycles. The van der Waals surface area contributed by atoms with Crippen molar-refractivity contribution in [2.24, 2.45) is 0 Å². The Labute approximate surface area is 92.1 Å². The SMILES string of the molecule is COc1cccc(Nc2nccc(=O)[nH]2)c1. The van der Waals surface area contributed by atoms with E-state index in [2.05, 4.69) is 15.3 Å². The summed E-state index contributed by atoms with van der Waals surface area (Å²) in [5.41, 5.74) is 0.606. The van der Waals surface area contributed by atoms with Gasteiger partial charge in [-0.05, 0) is 12.1 Å². The van der Waals surface area contributed by atoms with Crippen LogP contribution in [0.3, 0.4) is 0 Å². The van der Waals surface area contributed by atoms with E-state index in [1.54, 1.807) is 7.11 Å². The minimum atomic E-state index is -0.194. The summed E-state index contributed by atoms with van der Waals surface area (Å²) in [6, 6.07) is 8.72. The van der Waals surface area contributed by atoms with E-state index < -0.39 is 0 Å². The first-order chi connectivity index (χ1) is 7.78. The van der Waals surface area contributed by atoms with Crippen LogP contribution in [-0.2, 0) is 0 Å². The van der Waals surface area contributed by atoms with Crippen LogP contribution >= 0.6 is 0 Å². The number of aromatic amines is 1. The Hall–Kier alpha value is -2.30. The number of ether oxygens (including phenoxy) is 1. The Morgan fingerprint density at radius 3 is 3.00 bits per heavy atom. The van der Waals surface area contributed by atoms with Crippen LogP contribution in [0.25, 0.3) is 0 Å². The molecule has 1 aromatic carbocycles. The zero-order chi connectivity index (χ0) is 11.4. The lowest BCUT2D eigenvalue weighted by atomic mass is 10.3. The van der Waals surface area contributed by atoms with E-state index in [9.17, 15) is 4.79 Å². The van der Waals surface area contributed by atoms with Gasteiger partial charge in [0, 0.05) is 24.0 Å². The number of anilines is 2. The van der Waals surface area contributed by atoms with Crippen molar-refractivity contribution in [3.8, 4) is 5.75 Å². The summed E-state index contributed by atoms with van der Waals surface area (Å²) in [4.78, 5) is 17.6. The van der Waals surface area contributed by atoms with Gasteiger partial charge in [0.25, 0.3) is 5.56 Å². The van der Waals surface area contributed by atoms with E-state index in [0.717, 1.165) is 11.4 Å². The molecule has 0 radical (unpaired) electrons. The molecule has 0 atom stereocenters. The molecule has 2 N–H and O–H groups in total. The van der Waals surface area contributed by atoms with Crippen LogP contribution in [0.5, 0.6) is 5.75 Å². The normalized spacial score (nSPS) is 9.81. The van der Waals surface area contributed by atoms with E-state index in [-0.39, 0.29) is 5.56 Å². The van der Waals surface area contributed by atoms with Crippen molar-refractivity contribution in [3.63, 3.8) is 0 Å². The van der Waals surface area contributed by atoms with Gasteiger partial charge in [-0.2, -0.15) is 0 Å². The standard InChI is InChI=1S/C11H11N3O2/c1-16-9-4-2-3-8(7-9)13-11-12-6-5-10(15)14-11/h2-7H,1H3,(H2,12,13,14,15). The predicted molar refractivity (Wildman–Crippen MR) is 61.1 cm³/mol. The molecule has 1 heterocycles. The fourth-order valence-electron chi connectivity index (χ4n) is 1.27. The van der Waals surface area contributed by atoms with E-state index in [4.69, 9.17) is 4.74 Å². The van der Waals surface area contributed by atoms with Gasteiger partial charge in [-0.1, -0.05) is 6.07 Å². The molecule has 0 aliphatic rings. The fourth-order valence-corrected chi connectivity index (χ4v) is 1.27. The lowest BCUT2D eigenvalue weighted by Crippen LogP contribution is -2.08. The van der Waals surface area contributed by atoms with E-state index in [1.807, 2.05) is 24.3 Å². The minimum absolute atomic E-state index is 0.194. The largest absolute Gasteiger partial charge is 0.497 e. The van der Waals surface area contributed by atoms with Crippen molar-refractivity contribution in [1.82, 2.24) is 9.97 Å². The number of hydrogen-bond donors (Lipinski definition) is 2. The highest BCUT2D eigenvalue weighted by Crippen LogP contribution is 2.18. The molecule has 0 bridgehead atoms. The second-order valence-electron chi connectivity index (χ2n) is 3.14. The molecule has 1 aromatic heterocycles. The number of rotatable bonds is 3. The van der Waals surface area contributed by atoms with Crippen molar-refractivity contribution < 1.29 is 4.74 Å². The second-order valence-corrected chi connectivity index (χ2v) is 3.14. The van der Waals surface area contributed by atoms with Crippen molar-refractivity contribution in [1.29, 1.82) is 0 Å². The minimum Gasteiger partial charge on any atom is -0.497 e. The summed E-state index contributed by atoms with van der Waals surface area (Å²) in [5, 5.41) is 2.97. The smallest absolute Gasteiger partial charge is 0.252 e. The average molecular weight is 217 g/mol. The maximum Gasteiger partial charge on any atom is 0.252 e. The molecule has 2 rings (SSSR count). The van der Waals surface area contributed by atoms with Crippen molar-refractivity contribution >= 4 is 11.6 Å². The van der Waals surface area contributed by atoms with Gasteiger partial charge in [-0.15, -0.1) is 0 Å². The quantitative estimate of drug-likeness (QED) is 0.818. The zero-order valence-corrected chi connectivity index (χ0v) is 8.73. The van der Waals surface area contributed by atoms with E-state index in [0.29, 0.717) is 5.95 Å². The Morgan fingerprint density at radius 2 is 2.25 bits per heavy atom. The molecule has 16 heavy (non-hydrogen) atoms. The fraction of sp³-hybridized carbons (Fsp3) is 0.0909. The maximum atomic E-state index is 11.0. The molecular weight excluding hydrogens is 206 g/mol. The summed E-state index contributed by atoms with van der Waals surface area (Å²) >= 11 is 0. The maximum absolute atomic E-state index is 11.0. The van der Waals surface area contributed by atoms with Crippen LogP contribution in [0.15, 0.2) is 41.3 Å². The number of hydrogen-bond acceptors (Lipinski definition) is 4. The third-order valence-electron chi connectivity index (χ3n) is 2.00. The van der Waals surface area contributed by atoms with E-state index >= 15 is 0 Å². The molecule has 0 unspecified atom stereocenters. The highest BCUT2D eigenvalue weighted by atomic mass is 16.5. The molecular formula is C11H11N3O2. The summed E-state index contributed by atoms with van der Waals surface area (Å²) in [6.45, 7) is 0. The van der Waals surface area contributed by atoms with Gasteiger partial charge < -0.3 is 10.1 Å². The van der Waals surface area contributed by atoms with Crippen LogP contribution in [-0.4, -0.2) is 17.1 Å². The zero-order valence-electron chi connectivity index (χ0n) is 8.73. The molecule has 2 aromatic rings. The van der Waals surface area contributed by atoms with Crippen molar-refractivity contribution in [3.05, 3.63) is 46.9 Å². The number of nitrogens with one attached hydrogen (secondary N) is 2. The Kier molecular flexibility index (Phi) is 2.86. The third-order valence-corrected chi connectivity index (χ3v) is 2.00. The van der Waals surface area contributed by atoms with Gasteiger partial charge in [-0.3, -0.25) is 9.78 Å². The first-order valence-corrected chi connectivity index (χ1v) is 4.74. The summed E-state index contributed by atoms with van der Waals surface area (Å²) in [7, 11) is 1.60. The number of H-pyrrole nitrogens is 1. The molecule has 5 nitrogen and oxygen atoms in total. The van der Waals surface area contributed by atoms with Gasteiger partial charge >= 0.3 is 0 Å². The second kappa shape index (κ2) is 4.48. The van der Waals surface area contributed by atoms with Crippen LogP contribution in [0.1, 0.15) is 0 Å². The molecule has 5 heteroatoms. The van der Waals surface area contributed by atoms with Gasteiger partial charge in [-0.25, -0.2) is 4.98 Å². The Morgan fingerprint density at radius 1 is 1.38 bits per heavy atom. The van der Waals surface area contributed by atoms with Crippen LogP contribution in [0.2, 0.25) is 0 Å². The van der Waals surface area contributed by atoms with Gasteiger partial charge in [0.05, 0.1) is 7.11 Å². The summed E-state index contributed by atoms with van der Waals surface area (Å²) < 4.78 is 5.08. The Bertz CT molecular complexity index is 537. The van der Waals surface area contributed by atoms with Gasteiger partial charge in [0.2, 0.25) is 5.95 Å². The molecule has 0 fully saturated rings. The first kappa shape index (κ1) is 10.2. The molecule has 0 aliphatic heterocycles. The highest BCUT2D eigenvalue weighted by Gasteiger charge is 1.97. The molecule has 0 spiro atoms. The van der Waals surface area contributed by atoms with Gasteiger partial charge in [0.15, 0.2) is 0 Å². The van der Waals surface area contributed by atoms with E-state index in [1.165, 1.54) is 12.3 Å². The highest BCUT2D eigenvalue weighted by molar-refractivity contribution is 5.55. The van der Waals surface area contributed by atoms with Crippen molar-refractivity contribution in [2.75, 3.05) is 12.4 Å². The van der Waals surface area contributed by atoms with Crippen molar-refractivity contribution in [2.45, 2.75) is 0 Å². The lowest BCUT2D eigenvalue weighted by molar-refractivity contribution is 0.415. The average Bonchev–Trinajstić information content (AvgIpc) is 2.29. The van der Waals surface area contributed by atoms with Crippen LogP contribution < -0.4 is 15.6 Å². The van der Waals surface area contributed by atoms with Crippen LogP contribution in [0.4, 0.5) is 11.6 Å². The number of aromatic nitrogens is 2. The monoisotopic (exact) mass is 217 g/mol. The van der Waals surface area contributed by atoms with Gasteiger partial charge in [0.1, 0.15) is 5.75 Å². The summed E-state index contributed by atoms with van der Waals surface area (Å²) in [6.07, 6.45) is 1.45. The Balaban J connectivity index is 2.23. The summed E-state index contributed by atoms with van der Waals surface area (Å²) in [5.74, 6) is 1.14. The first-order valence-electron chi connectivity index (χ1n) is 4.74. The number of nitrogens with zero attached hydrogens (tertiary/aromatic N) is 1. The molecule has 0 saturated heterocycles. The molecule has 0 saturated carbocycles.